The van der Waals surface area contributed by atoms with Gasteiger partial charge in [-0.25, -0.2) is 0 Å². The summed E-state index contributed by atoms with van der Waals surface area (Å²) in [5, 5.41) is 11.8. The van der Waals surface area contributed by atoms with Crippen molar-refractivity contribution in [2.24, 2.45) is 7.05 Å². The van der Waals surface area contributed by atoms with E-state index < -0.39 is 0 Å². The van der Waals surface area contributed by atoms with E-state index in [9.17, 15) is 0 Å². The molecule has 0 saturated heterocycles. The first-order valence-corrected chi connectivity index (χ1v) is 5.99. The SMILES string of the molecule is CCn1nccc1CNCCc1ccnn1C. The molecule has 0 unspecified atom stereocenters. The molecule has 0 fully saturated rings. The maximum atomic E-state index is 4.24. The summed E-state index contributed by atoms with van der Waals surface area (Å²) in [7, 11) is 1.97. The van der Waals surface area contributed by atoms with E-state index in [2.05, 4.69) is 34.6 Å². The Labute approximate surface area is 101 Å². The van der Waals surface area contributed by atoms with Gasteiger partial charge in [0.15, 0.2) is 0 Å². The highest BCUT2D eigenvalue weighted by molar-refractivity contribution is 5.02. The van der Waals surface area contributed by atoms with Crippen molar-refractivity contribution < 1.29 is 0 Å². The molecule has 92 valence electrons. The lowest BCUT2D eigenvalue weighted by Crippen LogP contribution is -2.20. The van der Waals surface area contributed by atoms with Gasteiger partial charge in [-0.2, -0.15) is 10.2 Å². The molecule has 2 rings (SSSR count). The summed E-state index contributed by atoms with van der Waals surface area (Å²) in [6.45, 7) is 4.85. The molecule has 0 atom stereocenters. The van der Waals surface area contributed by atoms with Crippen LogP contribution in [0.1, 0.15) is 18.3 Å². The minimum atomic E-state index is 0.867. The fourth-order valence-corrected chi connectivity index (χ4v) is 1.87. The molecule has 5 heteroatoms. The molecule has 0 aliphatic carbocycles. The first-order valence-electron chi connectivity index (χ1n) is 5.99. The Kier molecular flexibility index (Phi) is 3.93. The summed E-state index contributed by atoms with van der Waals surface area (Å²) in [6.07, 6.45) is 4.68. The Balaban J connectivity index is 1.75. The molecular formula is C12H19N5. The van der Waals surface area contributed by atoms with Crippen molar-refractivity contribution in [2.45, 2.75) is 26.4 Å². The van der Waals surface area contributed by atoms with Crippen LogP contribution in [0.3, 0.4) is 0 Å². The van der Waals surface area contributed by atoms with Gasteiger partial charge in [-0.1, -0.05) is 0 Å². The summed E-state index contributed by atoms with van der Waals surface area (Å²) in [4.78, 5) is 0. The standard InChI is InChI=1S/C12H19N5/c1-3-17-12(6-9-15-17)10-13-7-4-11-5-8-14-16(11)2/h5-6,8-9,13H,3-4,7,10H2,1-2H3. The van der Waals surface area contributed by atoms with Gasteiger partial charge in [0.25, 0.3) is 0 Å². The molecule has 5 nitrogen and oxygen atoms in total. The molecule has 0 aromatic carbocycles. The molecule has 17 heavy (non-hydrogen) atoms. The lowest BCUT2D eigenvalue weighted by molar-refractivity contribution is 0.576. The van der Waals surface area contributed by atoms with Gasteiger partial charge in [0.1, 0.15) is 0 Å². The second-order valence-corrected chi connectivity index (χ2v) is 4.01. The number of rotatable bonds is 6. The summed E-state index contributed by atoms with van der Waals surface area (Å²) < 4.78 is 3.93. The molecule has 0 amide bonds. The van der Waals surface area contributed by atoms with E-state index in [4.69, 9.17) is 0 Å². The fourth-order valence-electron chi connectivity index (χ4n) is 1.87. The fraction of sp³-hybridized carbons (Fsp3) is 0.500. The van der Waals surface area contributed by atoms with Crippen LogP contribution in [0.5, 0.6) is 0 Å². The van der Waals surface area contributed by atoms with Gasteiger partial charge in [-0.3, -0.25) is 9.36 Å². The third-order valence-electron chi connectivity index (χ3n) is 2.89. The van der Waals surface area contributed by atoms with Crippen molar-refractivity contribution in [3.05, 3.63) is 35.9 Å². The summed E-state index contributed by atoms with van der Waals surface area (Å²) >= 11 is 0. The molecule has 2 aromatic heterocycles. The predicted octanol–water partition coefficient (Wildman–Crippen LogP) is 0.969. The average molecular weight is 233 g/mol. The van der Waals surface area contributed by atoms with Crippen molar-refractivity contribution >= 4 is 0 Å². The van der Waals surface area contributed by atoms with Crippen LogP contribution in [0.2, 0.25) is 0 Å². The van der Waals surface area contributed by atoms with Crippen LogP contribution < -0.4 is 5.32 Å². The molecule has 0 saturated carbocycles. The van der Waals surface area contributed by atoms with Crippen LogP contribution in [0.4, 0.5) is 0 Å². The Morgan fingerprint density at radius 3 is 2.65 bits per heavy atom. The lowest BCUT2D eigenvalue weighted by atomic mass is 10.3. The largest absolute Gasteiger partial charge is 0.311 e. The zero-order valence-corrected chi connectivity index (χ0v) is 10.4. The first kappa shape index (κ1) is 11.9. The molecule has 1 N–H and O–H groups in total. The number of aromatic nitrogens is 4. The zero-order valence-electron chi connectivity index (χ0n) is 10.4. The van der Waals surface area contributed by atoms with Crippen molar-refractivity contribution in [1.29, 1.82) is 0 Å². The normalized spacial score (nSPS) is 10.9. The van der Waals surface area contributed by atoms with E-state index in [0.29, 0.717) is 0 Å². The number of hydrogen-bond acceptors (Lipinski definition) is 3. The van der Waals surface area contributed by atoms with Crippen LogP contribution >= 0.6 is 0 Å². The summed E-state index contributed by atoms with van der Waals surface area (Å²) in [5.74, 6) is 0. The maximum absolute atomic E-state index is 4.24. The minimum Gasteiger partial charge on any atom is -0.311 e. The van der Waals surface area contributed by atoms with E-state index in [1.807, 2.05) is 28.8 Å². The molecule has 0 radical (unpaired) electrons. The van der Waals surface area contributed by atoms with E-state index in [1.165, 1.54) is 11.4 Å². The number of aryl methyl sites for hydroxylation is 2. The Morgan fingerprint density at radius 1 is 1.18 bits per heavy atom. The van der Waals surface area contributed by atoms with Crippen molar-refractivity contribution in [1.82, 2.24) is 24.9 Å². The van der Waals surface area contributed by atoms with E-state index in [-0.39, 0.29) is 0 Å². The van der Waals surface area contributed by atoms with Crippen LogP contribution in [0.25, 0.3) is 0 Å². The molecular weight excluding hydrogens is 214 g/mol. The van der Waals surface area contributed by atoms with Gasteiger partial charge in [-0.15, -0.1) is 0 Å². The van der Waals surface area contributed by atoms with Gasteiger partial charge in [-0.05, 0) is 19.1 Å². The minimum absolute atomic E-state index is 0.867. The van der Waals surface area contributed by atoms with Gasteiger partial charge in [0.05, 0.1) is 5.69 Å². The molecule has 0 spiro atoms. The Bertz CT molecular complexity index is 457. The maximum Gasteiger partial charge on any atom is 0.0521 e. The van der Waals surface area contributed by atoms with Crippen LogP contribution in [0.15, 0.2) is 24.5 Å². The van der Waals surface area contributed by atoms with Gasteiger partial charge in [0, 0.05) is 51.2 Å². The molecule has 2 heterocycles. The third kappa shape index (κ3) is 2.94. The van der Waals surface area contributed by atoms with Crippen LogP contribution in [-0.4, -0.2) is 26.1 Å². The van der Waals surface area contributed by atoms with Crippen LogP contribution in [-0.2, 0) is 26.6 Å². The second-order valence-electron chi connectivity index (χ2n) is 4.01. The number of nitrogens with one attached hydrogen (secondary N) is 1. The smallest absolute Gasteiger partial charge is 0.0521 e. The second kappa shape index (κ2) is 5.63. The molecule has 0 aliphatic rings. The zero-order chi connectivity index (χ0) is 12.1. The van der Waals surface area contributed by atoms with Gasteiger partial charge in [0.2, 0.25) is 0 Å². The van der Waals surface area contributed by atoms with E-state index in [0.717, 1.165) is 26.1 Å². The third-order valence-corrected chi connectivity index (χ3v) is 2.89. The van der Waals surface area contributed by atoms with E-state index in [1.54, 1.807) is 0 Å². The van der Waals surface area contributed by atoms with Crippen molar-refractivity contribution in [3.8, 4) is 0 Å². The van der Waals surface area contributed by atoms with Gasteiger partial charge < -0.3 is 5.32 Å². The van der Waals surface area contributed by atoms with Crippen molar-refractivity contribution in [2.75, 3.05) is 6.54 Å². The Morgan fingerprint density at radius 2 is 1.94 bits per heavy atom. The lowest BCUT2D eigenvalue weighted by Gasteiger charge is -2.07. The highest BCUT2D eigenvalue weighted by Crippen LogP contribution is 1.99. The monoisotopic (exact) mass is 233 g/mol. The van der Waals surface area contributed by atoms with Crippen LogP contribution in [0, 0.1) is 0 Å². The topological polar surface area (TPSA) is 47.7 Å². The molecule has 2 aromatic rings. The van der Waals surface area contributed by atoms with Gasteiger partial charge >= 0.3 is 0 Å². The summed E-state index contributed by atoms with van der Waals surface area (Å²) in [6, 6.07) is 4.11. The highest BCUT2D eigenvalue weighted by atomic mass is 15.3. The predicted molar refractivity (Wildman–Crippen MR) is 66.5 cm³/mol. The van der Waals surface area contributed by atoms with Crippen molar-refractivity contribution in [3.63, 3.8) is 0 Å². The molecule has 0 aliphatic heterocycles. The number of hydrogen-bond donors (Lipinski definition) is 1. The quantitative estimate of drug-likeness (QED) is 0.756. The first-order chi connectivity index (χ1) is 8.31. The van der Waals surface area contributed by atoms with E-state index >= 15 is 0 Å². The number of nitrogens with zero attached hydrogens (tertiary/aromatic N) is 4. The summed E-state index contributed by atoms with van der Waals surface area (Å²) in [5.41, 5.74) is 2.49. The highest BCUT2D eigenvalue weighted by Gasteiger charge is 2.01. The Hall–Kier alpha value is -1.62. The molecule has 0 bridgehead atoms. The average Bonchev–Trinajstić information content (AvgIpc) is 2.93.